The highest BCUT2D eigenvalue weighted by molar-refractivity contribution is 6.02. The summed E-state index contributed by atoms with van der Waals surface area (Å²) in [4.78, 5) is 47.4. The molecule has 0 radical (unpaired) electrons. The Morgan fingerprint density at radius 2 is 1.73 bits per heavy atom. The van der Waals surface area contributed by atoms with Crippen molar-refractivity contribution in [1.29, 1.82) is 0 Å². The van der Waals surface area contributed by atoms with Crippen molar-refractivity contribution in [2.24, 2.45) is 11.3 Å². The molecule has 1 aliphatic carbocycles. The third kappa shape index (κ3) is 3.31. The fourth-order valence-corrected chi connectivity index (χ4v) is 3.62. The molecule has 1 fully saturated rings. The predicted molar refractivity (Wildman–Crippen MR) is 90.3 cm³/mol. The lowest BCUT2D eigenvalue weighted by Crippen LogP contribution is -2.45. The van der Waals surface area contributed by atoms with Crippen molar-refractivity contribution in [2.75, 3.05) is 13.2 Å². The van der Waals surface area contributed by atoms with Crippen LogP contribution in [0, 0.1) is 21.4 Å². The van der Waals surface area contributed by atoms with Gasteiger partial charge in [0.25, 0.3) is 5.69 Å². The fraction of sp³-hybridized carbons (Fsp3) is 0.500. The fourth-order valence-electron chi connectivity index (χ4n) is 3.62. The Morgan fingerprint density at radius 3 is 2.15 bits per heavy atom. The van der Waals surface area contributed by atoms with E-state index in [-0.39, 0.29) is 25.3 Å². The van der Waals surface area contributed by atoms with Crippen molar-refractivity contribution in [3.8, 4) is 0 Å². The van der Waals surface area contributed by atoms with Crippen molar-refractivity contribution in [1.82, 2.24) is 0 Å². The highest BCUT2D eigenvalue weighted by Crippen LogP contribution is 2.54. The molecular weight excluding hydrogens is 342 g/mol. The summed E-state index contributed by atoms with van der Waals surface area (Å²) in [5.74, 6) is -2.85. The molecule has 26 heavy (non-hydrogen) atoms. The quantitative estimate of drug-likeness (QED) is 0.240. The lowest BCUT2D eigenvalue weighted by Gasteiger charge is -2.32. The smallest absolute Gasteiger partial charge is 0.324 e. The second-order valence-corrected chi connectivity index (χ2v) is 6.08. The van der Waals surface area contributed by atoms with Crippen molar-refractivity contribution < 1.29 is 28.8 Å². The highest BCUT2D eigenvalue weighted by atomic mass is 16.6. The third-order valence-corrected chi connectivity index (χ3v) is 4.75. The van der Waals surface area contributed by atoms with Crippen LogP contribution >= 0.6 is 0 Å². The van der Waals surface area contributed by atoms with Gasteiger partial charge in [0.1, 0.15) is 6.29 Å². The van der Waals surface area contributed by atoms with Gasteiger partial charge in [-0.05, 0) is 32.3 Å². The maximum atomic E-state index is 12.8. The standard InChI is InChI=1S/C18H21NO7/c1-3-25-16(21)18(17(22)26-4-2)10-9-13(11-20)15(18)12-5-7-14(8-6-12)19(23)24/h5-8,11,13,15H,3-4,9-10H2,1-2H3/t13-,15-/m1/s1. The van der Waals surface area contributed by atoms with Gasteiger partial charge in [0, 0.05) is 24.0 Å². The molecule has 0 aromatic heterocycles. The number of hydrogen-bond donors (Lipinski definition) is 0. The average molecular weight is 363 g/mol. The van der Waals surface area contributed by atoms with Crippen molar-refractivity contribution in [3.05, 3.63) is 39.9 Å². The van der Waals surface area contributed by atoms with Crippen LogP contribution in [0.15, 0.2) is 24.3 Å². The molecule has 1 aromatic rings. The third-order valence-electron chi connectivity index (χ3n) is 4.75. The lowest BCUT2D eigenvalue weighted by molar-refractivity contribution is -0.384. The van der Waals surface area contributed by atoms with E-state index in [0.717, 1.165) is 0 Å². The summed E-state index contributed by atoms with van der Waals surface area (Å²) in [5, 5.41) is 10.9. The van der Waals surface area contributed by atoms with Gasteiger partial charge in [-0.25, -0.2) is 0 Å². The molecule has 0 bridgehead atoms. The second-order valence-electron chi connectivity index (χ2n) is 6.08. The summed E-state index contributed by atoms with van der Waals surface area (Å²) < 4.78 is 10.3. The Hall–Kier alpha value is -2.77. The molecule has 0 unspecified atom stereocenters. The van der Waals surface area contributed by atoms with Crippen LogP contribution in [0.5, 0.6) is 0 Å². The first-order valence-electron chi connectivity index (χ1n) is 8.46. The molecule has 0 spiro atoms. The van der Waals surface area contributed by atoms with Gasteiger partial charge in [0.05, 0.1) is 18.1 Å². The first kappa shape index (κ1) is 19.6. The normalized spacial score (nSPS) is 21.0. The van der Waals surface area contributed by atoms with Gasteiger partial charge in [-0.15, -0.1) is 0 Å². The van der Waals surface area contributed by atoms with E-state index in [2.05, 4.69) is 0 Å². The average Bonchev–Trinajstić information content (AvgIpc) is 3.03. The monoisotopic (exact) mass is 363 g/mol. The van der Waals surface area contributed by atoms with E-state index in [1.165, 1.54) is 24.3 Å². The summed E-state index contributed by atoms with van der Waals surface area (Å²) >= 11 is 0. The number of aldehydes is 1. The van der Waals surface area contributed by atoms with Crippen LogP contribution in [0.3, 0.4) is 0 Å². The van der Waals surface area contributed by atoms with E-state index >= 15 is 0 Å². The summed E-state index contributed by atoms with van der Waals surface area (Å²) in [7, 11) is 0. The maximum absolute atomic E-state index is 12.8. The van der Waals surface area contributed by atoms with Crippen LogP contribution in [0.4, 0.5) is 5.69 Å². The number of hydrogen-bond acceptors (Lipinski definition) is 7. The van der Waals surface area contributed by atoms with E-state index in [0.29, 0.717) is 18.3 Å². The largest absolute Gasteiger partial charge is 0.465 e. The molecular formula is C18H21NO7. The Balaban J connectivity index is 2.56. The molecule has 2 atom stereocenters. The lowest BCUT2D eigenvalue weighted by atomic mass is 9.71. The number of nitro groups is 1. The highest BCUT2D eigenvalue weighted by Gasteiger charge is 2.61. The van der Waals surface area contributed by atoms with E-state index < -0.39 is 34.1 Å². The minimum Gasteiger partial charge on any atom is -0.465 e. The molecule has 2 rings (SSSR count). The predicted octanol–water partition coefficient (Wildman–Crippen LogP) is 2.40. The van der Waals surface area contributed by atoms with E-state index in [9.17, 15) is 24.5 Å². The van der Waals surface area contributed by atoms with Crippen molar-refractivity contribution in [2.45, 2.75) is 32.6 Å². The number of rotatable bonds is 7. The molecule has 0 amide bonds. The SMILES string of the molecule is CCOC(=O)C1(C(=O)OCC)CC[C@H](C=O)[C@H]1c1ccc([N+](=O)[O-])cc1. The summed E-state index contributed by atoms with van der Waals surface area (Å²) in [6, 6.07) is 5.52. The number of benzene rings is 1. The summed E-state index contributed by atoms with van der Waals surface area (Å²) in [5.41, 5.74) is -1.26. The molecule has 140 valence electrons. The Kier molecular flexibility index (Phi) is 6.07. The van der Waals surface area contributed by atoms with E-state index in [1.807, 2.05) is 0 Å². The Morgan fingerprint density at radius 1 is 1.19 bits per heavy atom. The Labute approximate surface area is 150 Å². The van der Waals surface area contributed by atoms with Crippen molar-refractivity contribution >= 4 is 23.9 Å². The van der Waals surface area contributed by atoms with Crippen LogP contribution in [0.2, 0.25) is 0 Å². The minimum absolute atomic E-state index is 0.0821. The molecule has 0 heterocycles. The van der Waals surface area contributed by atoms with Crippen LogP contribution in [0.1, 0.15) is 38.2 Å². The first-order chi connectivity index (χ1) is 12.4. The Bertz CT molecular complexity index is 680. The van der Waals surface area contributed by atoms with Crippen molar-refractivity contribution in [3.63, 3.8) is 0 Å². The number of carbonyl (C=O) groups excluding carboxylic acids is 3. The molecule has 1 aromatic carbocycles. The van der Waals surface area contributed by atoms with Gasteiger partial charge >= 0.3 is 11.9 Å². The first-order valence-corrected chi connectivity index (χ1v) is 8.46. The second kappa shape index (κ2) is 8.07. The molecule has 0 saturated heterocycles. The molecule has 1 saturated carbocycles. The molecule has 1 aliphatic rings. The zero-order chi connectivity index (χ0) is 19.3. The van der Waals surface area contributed by atoms with E-state index in [1.54, 1.807) is 13.8 Å². The number of nitrogens with zero attached hydrogens (tertiary/aromatic N) is 1. The molecule has 0 aliphatic heterocycles. The van der Waals surface area contributed by atoms with Crippen LogP contribution in [-0.4, -0.2) is 36.4 Å². The van der Waals surface area contributed by atoms with Crippen LogP contribution in [0.25, 0.3) is 0 Å². The van der Waals surface area contributed by atoms with Gasteiger partial charge < -0.3 is 14.3 Å². The maximum Gasteiger partial charge on any atom is 0.324 e. The summed E-state index contributed by atoms with van der Waals surface area (Å²) in [6.07, 6.45) is 1.16. The number of non-ortho nitro benzene ring substituents is 1. The summed E-state index contributed by atoms with van der Waals surface area (Å²) in [6.45, 7) is 3.42. The minimum atomic E-state index is -1.63. The zero-order valence-corrected chi connectivity index (χ0v) is 14.7. The molecule has 8 nitrogen and oxygen atoms in total. The van der Waals surface area contributed by atoms with Crippen LogP contribution < -0.4 is 0 Å². The van der Waals surface area contributed by atoms with Gasteiger partial charge in [0.15, 0.2) is 5.41 Å². The van der Waals surface area contributed by atoms with Gasteiger partial charge in [0.2, 0.25) is 0 Å². The topological polar surface area (TPSA) is 113 Å². The molecule has 8 heteroatoms. The van der Waals surface area contributed by atoms with Gasteiger partial charge in [-0.1, -0.05) is 12.1 Å². The van der Waals surface area contributed by atoms with Gasteiger partial charge in [-0.3, -0.25) is 19.7 Å². The number of carbonyl (C=O) groups is 3. The van der Waals surface area contributed by atoms with Gasteiger partial charge in [-0.2, -0.15) is 0 Å². The number of ether oxygens (including phenoxy) is 2. The zero-order valence-electron chi connectivity index (χ0n) is 14.7. The number of esters is 2. The van der Waals surface area contributed by atoms with E-state index in [4.69, 9.17) is 9.47 Å². The number of nitro benzene ring substituents is 1. The van der Waals surface area contributed by atoms with Crippen LogP contribution in [-0.2, 0) is 23.9 Å². The molecule has 0 N–H and O–H groups in total.